The van der Waals surface area contributed by atoms with Crippen molar-refractivity contribution in [3.8, 4) is 17.7 Å². The Morgan fingerprint density at radius 1 is 1.50 bits per heavy atom. The van der Waals surface area contributed by atoms with Gasteiger partial charge in [-0.1, -0.05) is 24.4 Å². The lowest BCUT2D eigenvalue weighted by atomic mass is 10.5. The van der Waals surface area contributed by atoms with Gasteiger partial charge in [0.1, 0.15) is 6.33 Å². The summed E-state index contributed by atoms with van der Waals surface area (Å²) in [5, 5.41) is -0.251. The number of ether oxygens (including phenoxy) is 1. The number of rotatable bonds is 2. The second kappa shape index (κ2) is 5.40. The van der Waals surface area contributed by atoms with Gasteiger partial charge in [-0.2, -0.15) is 9.37 Å². The van der Waals surface area contributed by atoms with Gasteiger partial charge in [0.05, 0.1) is 0 Å². The highest BCUT2D eigenvalue weighted by Gasteiger charge is 2.09. The first-order chi connectivity index (χ1) is 6.75. The summed E-state index contributed by atoms with van der Waals surface area (Å²) >= 11 is 5.41. The quantitative estimate of drug-likeness (QED) is 0.558. The van der Waals surface area contributed by atoms with Crippen molar-refractivity contribution in [2.45, 2.75) is 13.3 Å². The van der Waals surface area contributed by atoms with E-state index in [1.165, 1.54) is 0 Å². The van der Waals surface area contributed by atoms with E-state index in [9.17, 15) is 4.39 Å². The van der Waals surface area contributed by atoms with Crippen LogP contribution in [0.25, 0.3) is 0 Å². The molecule has 14 heavy (non-hydrogen) atoms. The monoisotopic (exact) mass is 214 g/mol. The van der Waals surface area contributed by atoms with Crippen LogP contribution in [0.5, 0.6) is 5.88 Å². The maximum Gasteiger partial charge on any atom is 0.256 e. The molecule has 0 unspecified atom stereocenters. The zero-order chi connectivity index (χ0) is 10.4. The molecule has 0 fully saturated rings. The summed E-state index contributed by atoms with van der Waals surface area (Å²) in [5.41, 5.74) is 0. The molecule has 74 valence electrons. The van der Waals surface area contributed by atoms with Crippen molar-refractivity contribution in [2.75, 3.05) is 6.61 Å². The third-order valence-electron chi connectivity index (χ3n) is 1.30. The topological polar surface area (TPSA) is 35.0 Å². The largest absolute Gasteiger partial charge is 0.462 e. The molecule has 5 heteroatoms. The molecule has 1 heterocycles. The van der Waals surface area contributed by atoms with E-state index in [1.807, 2.05) is 6.92 Å². The summed E-state index contributed by atoms with van der Waals surface area (Å²) in [6.45, 7) is 2.01. The van der Waals surface area contributed by atoms with Gasteiger partial charge in [-0.3, -0.25) is 0 Å². The van der Waals surface area contributed by atoms with Gasteiger partial charge in [0, 0.05) is 6.42 Å². The van der Waals surface area contributed by atoms with Crippen LogP contribution in [0, 0.1) is 17.7 Å². The Bertz CT molecular complexity index is 373. The zero-order valence-electron chi connectivity index (χ0n) is 7.55. The number of aromatic nitrogens is 2. The maximum atomic E-state index is 13.1. The summed E-state index contributed by atoms with van der Waals surface area (Å²) in [6.07, 6.45) is 1.87. The van der Waals surface area contributed by atoms with Crippen LogP contribution in [-0.4, -0.2) is 16.6 Å². The van der Waals surface area contributed by atoms with Gasteiger partial charge in [-0.05, 0) is 0 Å². The fourth-order valence-electron chi connectivity index (χ4n) is 0.715. The van der Waals surface area contributed by atoms with Crippen LogP contribution in [0.15, 0.2) is 6.33 Å². The van der Waals surface area contributed by atoms with Crippen molar-refractivity contribution in [2.24, 2.45) is 0 Å². The molecule has 0 aromatic carbocycles. The van der Waals surface area contributed by atoms with Crippen LogP contribution < -0.4 is 4.74 Å². The average Bonchev–Trinajstić information content (AvgIpc) is 2.19. The van der Waals surface area contributed by atoms with Crippen molar-refractivity contribution in [1.82, 2.24) is 9.97 Å². The highest BCUT2D eigenvalue weighted by Crippen LogP contribution is 2.18. The third-order valence-corrected chi connectivity index (χ3v) is 1.56. The molecule has 1 aromatic rings. The Balaban J connectivity index is 2.63. The van der Waals surface area contributed by atoms with Gasteiger partial charge in [0.2, 0.25) is 5.82 Å². The standard InChI is InChI=1S/C9H8ClFN2O/c1-2-3-4-5-14-9-7(11)8(10)12-6-13-9/h6H,2,5H2,1H3. The SMILES string of the molecule is CCC#CCOc1ncnc(Cl)c1F. The first-order valence-electron chi connectivity index (χ1n) is 4.00. The lowest BCUT2D eigenvalue weighted by Crippen LogP contribution is -2.00. The molecular weight excluding hydrogens is 207 g/mol. The predicted molar refractivity (Wildman–Crippen MR) is 50.6 cm³/mol. The fraction of sp³-hybridized carbons (Fsp3) is 0.333. The molecule has 0 aliphatic rings. The molecule has 1 rings (SSSR count). The van der Waals surface area contributed by atoms with Crippen LogP contribution in [0.4, 0.5) is 4.39 Å². The number of halogens is 2. The zero-order valence-corrected chi connectivity index (χ0v) is 8.31. The Kier molecular flexibility index (Phi) is 4.14. The maximum absolute atomic E-state index is 13.1. The molecule has 0 saturated heterocycles. The van der Waals surface area contributed by atoms with Gasteiger partial charge in [0.15, 0.2) is 11.8 Å². The van der Waals surface area contributed by atoms with E-state index in [-0.39, 0.29) is 17.6 Å². The van der Waals surface area contributed by atoms with Crippen molar-refractivity contribution < 1.29 is 9.13 Å². The second-order valence-electron chi connectivity index (χ2n) is 2.28. The summed E-state index contributed by atoms with van der Waals surface area (Å²) in [7, 11) is 0. The van der Waals surface area contributed by atoms with Crippen LogP contribution in [0.3, 0.4) is 0 Å². The normalized spacial score (nSPS) is 9.07. The van der Waals surface area contributed by atoms with Crippen molar-refractivity contribution >= 4 is 11.6 Å². The molecule has 0 saturated carbocycles. The molecule has 0 spiro atoms. The van der Waals surface area contributed by atoms with Gasteiger partial charge < -0.3 is 4.74 Å². The molecule has 0 N–H and O–H groups in total. The van der Waals surface area contributed by atoms with Gasteiger partial charge >= 0.3 is 0 Å². The molecule has 3 nitrogen and oxygen atoms in total. The first-order valence-corrected chi connectivity index (χ1v) is 4.38. The minimum absolute atomic E-state index is 0.0953. The van der Waals surface area contributed by atoms with Crippen LogP contribution in [0.1, 0.15) is 13.3 Å². The van der Waals surface area contributed by atoms with E-state index in [0.29, 0.717) is 0 Å². The lowest BCUT2D eigenvalue weighted by molar-refractivity contribution is 0.331. The Hall–Kier alpha value is -1.34. The van der Waals surface area contributed by atoms with Crippen molar-refractivity contribution in [3.05, 3.63) is 17.3 Å². The van der Waals surface area contributed by atoms with Crippen LogP contribution in [0.2, 0.25) is 5.15 Å². The predicted octanol–water partition coefficient (Wildman–Crippen LogP) is 2.06. The minimum atomic E-state index is -0.757. The smallest absolute Gasteiger partial charge is 0.256 e. The molecule has 0 bridgehead atoms. The molecule has 0 amide bonds. The molecule has 0 atom stereocenters. The van der Waals surface area contributed by atoms with E-state index >= 15 is 0 Å². The Morgan fingerprint density at radius 3 is 3.00 bits per heavy atom. The van der Waals surface area contributed by atoms with E-state index in [1.54, 1.807) is 0 Å². The number of nitrogens with zero attached hydrogens (tertiary/aromatic N) is 2. The summed E-state index contributed by atoms with van der Waals surface area (Å²) in [5.74, 6) is 4.54. The van der Waals surface area contributed by atoms with Crippen molar-refractivity contribution in [1.29, 1.82) is 0 Å². The average molecular weight is 215 g/mol. The highest BCUT2D eigenvalue weighted by atomic mass is 35.5. The minimum Gasteiger partial charge on any atom is -0.462 e. The van der Waals surface area contributed by atoms with Crippen LogP contribution >= 0.6 is 11.6 Å². The molecule has 0 aliphatic carbocycles. The van der Waals surface area contributed by atoms with E-state index in [0.717, 1.165) is 12.7 Å². The van der Waals surface area contributed by atoms with Crippen LogP contribution in [-0.2, 0) is 0 Å². The van der Waals surface area contributed by atoms with Gasteiger partial charge in [-0.15, -0.1) is 5.92 Å². The fourth-order valence-corrected chi connectivity index (χ4v) is 0.839. The Labute approximate surface area is 86.3 Å². The van der Waals surface area contributed by atoms with E-state index in [2.05, 4.69) is 21.8 Å². The van der Waals surface area contributed by atoms with E-state index in [4.69, 9.17) is 16.3 Å². The molecular formula is C9H8ClFN2O. The Morgan fingerprint density at radius 2 is 2.29 bits per heavy atom. The molecule has 0 aliphatic heterocycles. The number of hydrogen-bond acceptors (Lipinski definition) is 3. The lowest BCUT2D eigenvalue weighted by Gasteiger charge is -2.01. The first kappa shape index (κ1) is 10.7. The van der Waals surface area contributed by atoms with Gasteiger partial charge in [-0.25, -0.2) is 4.98 Å². The number of hydrogen-bond donors (Lipinski definition) is 0. The summed E-state index contributed by atoms with van der Waals surface area (Å²) in [4.78, 5) is 7.02. The molecule has 1 aromatic heterocycles. The molecule has 0 radical (unpaired) electrons. The summed E-state index contributed by atoms with van der Waals surface area (Å²) < 4.78 is 18.0. The van der Waals surface area contributed by atoms with E-state index < -0.39 is 5.82 Å². The third kappa shape index (κ3) is 2.86. The second-order valence-corrected chi connectivity index (χ2v) is 2.64. The summed E-state index contributed by atoms with van der Waals surface area (Å²) in [6, 6.07) is 0. The van der Waals surface area contributed by atoms with Gasteiger partial charge in [0.25, 0.3) is 5.88 Å². The van der Waals surface area contributed by atoms with Crippen molar-refractivity contribution in [3.63, 3.8) is 0 Å². The highest BCUT2D eigenvalue weighted by molar-refractivity contribution is 6.29.